The van der Waals surface area contributed by atoms with Gasteiger partial charge in [0.1, 0.15) is 0 Å². The molecule has 1 saturated carbocycles. The maximum absolute atomic E-state index is 10.2. The van der Waals surface area contributed by atoms with Crippen LogP contribution in [-0.4, -0.2) is 35.2 Å². The number of nitrogens with zero attached hydrogens (tertiary/aromatic N) is 1. The Hall–Kier alpha value is -0.0800. The molecule has 1 saturated heterocycles. The number of unbranched alkanes of at least 4 members (excludes halogenated alkanes) is 6. The number of hydrogen-bond acceptors (Lipinski definition) is 2. The molecule has 0 aromatic rings. The van der Waals surface area contributed by atoms with Crippen molar-refractivity contribution in [3.05, 3.63) is 0 Å². The molecule has 2 heteroatoms. The summed E-state index contributed by atoms with van der Waals surface area (Å²) < 4.78 is 0. The van der Waals surface area contributed by atoms with Crippen LogP contribution in [0, 0.1) is 5.92 Å². The van der Waals surface area contributed by atoms with Crippen LogP contribution in [0.2, 0.25) is 0 Å². The predicted octanol–water partition coefficient (Wildman–Crippen LogP) is 3.19. The van der Waals surface area contributed by atoms with Crippen LogP contribution in [0.15, 0.2) is 0 Å². The summed E-state index contributed by atoms with van der Waals surface area (Å²) in [5.74, 6) is 0.646. The first-order valence-electron chi connectivity index (χ1n) is 7.69. The van der Waals surface area contributed by atoms with Crippen molar-refractivity contribution in [2.45, 2.75) is 70.3 Å². The van der Waals surface area contributed by atoms with Crippen LogP contribution in [0.1, 0.15) is 64.7 Å². The van der Waals surface area contributed by atoms with E-state index in [0.29, 0.717) is 5.92 Å². The zero-order valence-electron chi connectivity index (χ0n) is 11.5. The van der Waals surface area contributed by atoms with E-state index in [-0.39, 0.29) is 5.60 Å². The lowest BCUT2D eigenvalue weighted by Gasteiger charge is -2.47. The van der Waals surface area contributed by atoms with E-state index in [9.17, 15) is 5.11 Å². The average Bonchev–Trinajstić information content (AvgIpc) is 3.09. The Morgan fingerprint density at radius 2 is 1.59 bits per heavy atom. The van der Waals surface area contributed by atoms with E-state index in [4.69, 9.17) is 0 Å². The van der Waals surface area contributed by atoms with Crippen LogP contribution in [0.5, 0.6) is 0 Å². The molecule has 1 N–H and O–H groups in total. The van der Waals surface area contributed by atoms with Gasteiger partial charge in [-0.1, -0.05) is 45.4 Å². The Bertz CT molecular complexity index is 219. The molecular weight excluding hydrogens is 210 g/mol. The van der Waals surface area contributed by atoms with Crippen LogP contribution < -0.4 is 0 Å². The highest BCUT2D eigenvalue weighted by atomic mass is 16.3. The molecule has 0 radical (unpaired) electrons. The molecule has 1 aliphatic carbocycles. The van der Waals surface area contributed by atoms with E-state index >= 15 is 0 Å². The van der Waals surface area contributed by atoms with Crippen LogP contribution >= 0.6 is 0 Å². The van der Waals surface area contributed by atoms with Gasteiger partial charge in [-0.2, -0.15) is 0 Å². The fraction of sp³-hybridized carbons (Fsp3) is 1.00. The molecule has 0 amide bonds. The third kappa shape index (κ3) is 3.96. The maximum atomic E-state index is 10.2. The van der Waals surface area contributed by atoms with E-state index in [0.717, 1.165) is 13.1 Å². The summed E-state index contributed by atoms with van der Waals surface area (Å²) in [5, 5.41) is 10.2. The lowest BCUT2D eigenvalue weighted by molar-refractivity contribution is -0.113. The minimum absolute atomic E-state index is 0.277. The maximum Gasteiger partial charge on any atom is 0.0928 e. The molecule has 2 fully saturated rings. The smallest absolute Gasteiger partial charge is 0.0928 e. The van der Waals surface area contributed by atoms with Gasteiger partial charge < -0.3 is 5.11 Å². The zero-order valence-corrected chi connectivity index (χ0v) is 11.5. The third-order valence-corrected chi connectivity index (χ3v) is 4.41. The standard InChI is InChI=1S/C15H29NO/c1-2-3-4-5-6-7-8-11-16-12-15(17,13-16)14-9-10-14/h14,17H,2-13H2,1H3. The van der Waals surface area contributed by atoms with Gasteiger partial charge >= 0.3 is 0 Å². The first-order chi connectivity index (χ1) is 8.24. The second kappa shape index (κ2) is 6.19. The van der Waals surface area contributed by atoms with Gasteiger partial charge in [-0.15, -0.1) is 0 Å². The summed E-state index contributed by atoms with van der Waals surface area (Å²) in [7, 11) is 0. The first-order valence-corrected chi connectivity index (χ1v) is 7.69. The fourth-order valence-corrected chi connectivity index (χ4v) is 3.06. The predicted molar refractivity (Wildman–Crippen MR) is 72.1 cm³/mol. The van der Waals surface area contributed by atoms with Crippen molar-refractivity contribution in [2.75, 3.05) is 19.6 Å². The normalized spacial score (nSPS) is 23.6. The molecular formula is C15H29NO. The summed E-state index contributed by atoms with van der Waals surface area (Å²) >= 11 is 0. The lowest BCUT2D eigenvalue weighted by Crippen LogP contribution is -2.63. The Morgan fingerprint density at radius 1 is 1.00 bits per heavy atom. The summed E-state index contributed by atoms with van der Waals surface area (Å²) in [4.78, 5) is 2.43. The number of aliphatic hydroxyl groups is 1. The molecule has 1 heterocycles. The molecule has 17 heavy (non-hydrogen) atoms. The van der Waals surface area contributed by atoms with Gasteiger partial charge in [0.2, 0.25) is 0 Å². The lowest BCUT2D eigenvalue weighted by atomic mass is 9.88. The molecule has 0 atom stereocenters. The SMILES string of the molecule is CCCCCCCCCN1CC(O)(C2CC2)C1. The van der Waals surface area contributed by atoms with Crippen LogP contribution in [0.3, 0.4) is 0 Å². The van der Waals surface area contributed by atoms with Gasteiger partial charge in [0, 0.05) is 13.1 Å². The van der Waals surface area contributed by atoms with Gasteiger partial charge in [-0.05, 0) is 31.7 Å². The van der Waals surface area contributed by atoms with Crippen molar-refractivity contribution in [3.8, 4) is 0 Å². The van der Waals surface area contributed by atoms with Gasteiger partial charge in [-0.25, -0.2) is 0 Å². The van der Waals surface area contributed by atoms with Crippen molar-refractivity contribution in [1.82, 2.24) is 4.90 Å². The number of rotatable bonds is 9. The van der Waals surface area contributed by atoms with Gasteiger partial charge in [0.05, 0.1) is 5.60 Å². The second-order valence-electron chi connectivity index (χ2n) is 6.21. The molecule has 0 unspecified atom stereocenters. The van der Waals surface area contributed by atoms with Gasteiger partial charge in [0.25, 0.3) is 0 Å². The van der Waals surface area contributed by atoms with Crippen molar-refractivity contribution in [1.29, 1.82) is 0 Å². The van der Waals surface area contributed by atoms with Gasteiger partial charge in [0.15, 0.2) is 0 Å². The number of β-amino-alcohol motifs (C(OH)–C–C–N with tert-alkyl or cyclic N) is 1. The van der Waals surface area contributed by atoms with Crippen LogP contribution in [-0.2, 0) is 0 Å². The minimum atomic E-state index is -0.277. The second-order valence-corrected chi connectivity index (χ2v) is 6.21. The van der Waals surface area contributed by atoms with Gasteiger partial charge in [-0.3, -0.25) is 4.90 Å². The number of likely N-dealkylation sites (tertiary alicyclic amines) is 1. The molecule has 100 valence electrons. The van der Waals surface area contributed by atoms with E-state index in [1.165, 1.54) is 64.3 Å². The molecule has 1 aliphatic heterocycles. The summed E-state index contributed by atoms with van der Waals surface area (Å²) in [6.07, 6.45) is 12.2. The molecule has 2 rings (SSSR count). The van der Waals surface area contributed by atoms with E-state index < -0.39 is 0 Å². The zero-order chi connectivity index (χ0) is 12.1. The van der Waals surface area contributed by atoms with E-state index in [1.54, 1.807) is 0 Å². The monoisotopic (exact) mass is 239 g/mol. The van der Waals surface area contributed by atoms with Crippen molar-refractivity contribution in [3.63, 3.8) is 0 Å². The Balaban J connectivity index is 1.40. The molecule has 0 bridgehead atoms. The first kappa shape index (κ1) is 13.4. The molecule has 0 aromatic heterocycles. The Labute approximate surface area is 106 Å². The summed E-state index contributed by atoms with van der Waals surface area (Å²) in [6, 6.07) is 0. The van der Waals surface area contributed by atoms with Crippen LogP contribution in [0.4, 0.5) is 0 Å². The van der Waals surface area contributed by atoms with Crippen LogP contribution in [0.25, 0.3) is 0 Å². The van der Waals surface area contributed by atoms with Crippen molar-refractivity contribution in [2.24, 2.45) is 5.92 Å². The van der Waals surface area contributed by atoms with E-state index in [2.05, 4.69) is 11.8 Å². The highest BCUT2D eigenvalue weighted by Crippen LogP contribution is 2.44. The van der Waals surface area contributed by atoms with Crippen molar-refractivity contribution < 1.29 is 5.11 Å². The largest absolute Gasteiger partial charge is 0.387 e. The summed E-state index contributed by atoms with van der Waals surface area (Å²) in [5.41, 5.74) is -0.277. The minimum Gasteiger partial charge on any atom is -0.387 e. The molecule has 0 aromatic carbocycles. The highest BCUT2D eigenvalue weighted by molar-refractivity contribution is 5.05. The molecule has 2 nitrogen and oxygen atoms in total. The van der Waals surface area contributed by atoms with E-state index in [1.807, 2.05) is 0 Å². The highest BCUT2D eigenvalue weighted by Gasteiger charge is 2.51. The summed E-state index contributed by atoms with van der Waals surface area (Å²) in [6.45, 7) is 5.38. The average molecular weight is 239 g/mol. The topological polar surface area (TPSA) is 23.5 Å². The fourth-order valence-electron chi connectivity index (χ4n) is 3.06. The molecule has 2 aliphatic rings. The quantitative estimate of drug-likeness (QED) is 0.625. The molecule has 0 spiro atoms. The Morgan fingerprint density at radius 3 is 2.18 bits per heavy atom. The van der Waals surface area contributed by atoms with Crippen molar-refractivity contribution >= 4 is 0 Å². The number of hydrogen-bond donors (Lipinski definition) is 1. The Kier molecular flexibility index (Phi) is 4.87. The third-order valence-electron chi connectivity index (χ3n) is 4.41.